The number of benzene rings is 2. The summed E-state index contributed by atoms with van der Waals surface area (Å²) in [6.07, 6.45) is 0. The number of nitrogens with one attached hydrogen (secondary N) is 1. The minimum absolute atomic E-state index is 0.0535. The smallest absolute Gasteiger partial charge is 0.266 e. The number of halogens is 1. The Kier molecular flexibility index (Phi) is 6.51. The van der Waals surface area contributed by atoms with Gasteiger partial charge < -0.3 is 9.47 Å². The fraction of sp³-hybridized carbons (Fsp3) is 0.263. The molecule has 0 saturated heterocycles. The zero-order chi connectivity index (χ0) is 21.2. The van der Waals surface area contributed by atoms with Crippen molar-refractivity contribution >= 4 is 37.6 Å². The molecule has 1 N–H and O–H groups in total. The molecule has 0 aliphatic carbocycles. The maximum atomic E-state index is 12.8. The van der Waals surface area contributed by atoms with Gasteiger partial charge in [-0.3, -0.25) is 9.59 Å². The standard InChI is InChI=1S/C19H20BrNO6S/c1-10-6-11(2)18(8-13(10)12(3)22)28(24,25)21-19(23)14-7-16(26-4)17(27-5)9-15(14)20/h6-9H,1-5H3,(H,21,23). The van der Waals surface area contributed by atoms with E-state index < -0.39 is 15.9 Å². The highest BCUT2D eigenvalue weighted by atomic mass is 79.9. The Morgan fingerprint density at radius 1 is 0.929 bits per heavy atom. The number of sulfonamides is 1. The Balaban J connectivity index is 2.47. The molecule has 0 atom stereocenters. The molecule has 28 heavy (non-hydrogen) atoms. The Hall–Kier alpha value is -2.39. The number of rotatable bonds is 6. The molecule has 9 heteroatoms. The van der Waals surface area contributed by atoms with Crippen LogP contribution in [0.1, 0.15) is 38.8 Å². The lowest BCUT2D eigenvalue weighted by Gasteiger charge is -2.14. The predicted octanol–water partition coefficient (Wildman–Crippen LogP) is 3.40. The number of ether oxygens (including phenoxy) is 2. The van der Waals surface area contributed by atoms with Crippen LogP contribution in [0.15, 0.2) is 33.6 Å². The number of Topliss-reactive ketones (excluding diaryl/α,β-unsaturated/α-hetero) is 1. The minimum Gasteiger partial charge on any atom is -0.493 e. The zero-order valence-electron chi connectivity index (χ0n) is 16.0. The first kappa shape index (κ1) is 21.9. The quantitative estimate of drug-likeness (QED) is 0.650. The van der Waals surface area contributed by atoms with Gasteiger partial charge in [0.1, 0.15) is 0 Å². The molecule has 150 valence electrons. The topological polar surface area (TPSA) is 98.8 Å². The molecule has 7 nitrogen and oxygen atoms in total. The van der Waals surface area contributed by atoms with E-state index in [1.807, 2.05) is 4.72 Å². The van der Waals surface area contributed by atoms with Crippen LogP contribution in [0.2, 0.25) is 0 Å². The number of aryl methyl sites for hydroxylation is 2. The molecule has 0 aliphatic heterocycles. The van der Waals surface area contributed by atoms with Gasteiger partial charge in [0.05, 0.1) is 24.7 Å². The van der Waals surface area contributed by atoms with E-state index in [1.165, 1.54) is 39.3 Å². The highest BCUT2D eigenvalue weighted by Gasteiger charge is 2.25. The van der Waals surface area contributed by atoms with Crippen LogP contribution >= 0.6 is 15.9 Å². The first-order chi connectivity index (χ1) is 13.0. The fourth-order valence-corrected chi connectivity index (χ4v) is 4.48. The average molecular weight is 470 g/mol. The zero-order valence-corrected chi connectivity index (χ0v) is 18.4. The molecule has 2 aromatic carbocycles. The maximum Gasteiger partial charge on any atom is 0.266 e. The first-order valence-electron chi connectivity index (χ1n) is 8.12. The second-order valence-corrected chi connectivity index (χ2v) is 8.62. The van der Waals surface area contributed by atoms with Crippen molar-refractivity contribution in [2.24, 2.45) is 0 Å². The van der Waals surface area contributed by atoms with E-state index in [-0.39, 0.29) is 27.6 Å². The molecule has 1 amide bonds. The largest absolute Gasteiger partial charge is 0.493 e. The highest BCUT2D eigenvalue weighted by molar-refractivity contribution is 9.10. The van der Waals surface area contributed by atoms with Crippen molar-refractivity contribution < 1.29 is 27.5 Å². The average Bonchev–Trinajstić information content (AvgIpc) is 2.60. The third kappa shape index (κ3) is 4.36. The van der Waals surface area contributed by atoms with Crippen LogP contribution in [0, 0.1) is 13.8 Å². The Labute approximate surface area is 172 Å². The third-order valence-electron chi connectivity index (χ3n) is 4.14. The molecule has 0 fully saturated rings. The molecule has 0 unspecified atom stereocenters. The number of carbonyl (C=O) groups is 2. The van der Waals surface area contributed by atoms with Gasteiger partial charge in [0.2, 0.25) is 0 Å². The van der Waals surface area contributed by atoms with Crippen molar-refractivity contribution in [3.63, 3.8) is 0 Å². The highest BCUT2D eigenvalue weighted by Crippen LogP contribution is 2.33. The van der Waals surface area contributed by atoms with Crippen LogP contribution < -0.4 is 14.2 Å². The van der Waals surface area contributed by atoms with Gasteiger partial charge in [-0.15, -0.1) is 0 Å². The molecule has 0 aromatic heterocycles. The van der Waals surface area contributed by atoms with Gasteiger partial charge in [0, 0.05) is 10.0 Å². The van der Waals surface area contributed by atoms with Gasteiger partial charge in [0.25, 0.3) is 15.9 Å². The number of carbonyl (C=O) groups excluding carboxylic acids is 2. The number of hydrogen-bond acceptors (Lipinski definition) is 6. The molecular formula is C19H20BrNO6S. The molecule has 0 heterocycles. The summed E-state index contributed by atoms with van der Waals surface area (Å²) in [5.41, 5.74) is 1.43. The third-order valence-corrected chi connectivity index (χ3v) is 6.26. The Morgan fingerprint density at radius 3 is 2.04 bits per heavy atom. The molecule has 0 saturated carbocycles. The van der Waals surface area contributed by atoms with Crippen LogP contribution in [0.4, 0.5) is 0 Å². The summed E-state index contributed by atoms with van der Waals surface area (Å²) >= 11 is 3.23. The number of ketones is 1. The Bertz CT molecular complexity index is 1060. The SMILES string of the molecule is COc1cc(Br)c(C(=O)NS(=O)(=O)c2cc(C(C)=O)c(C)cc2C)cc1OC. The van der Waals surface area contributed by atoms with E-state index in [1.54, 1.807) is 19.9 Å². The van der Waals surface area contributed by atoms with E-state index in [0.717, 1.165) is 0 Å². The van der Waals surface area contributed by atoms with Crippen molar-refractivity contribution in [1.29, 1.82) is 0 Å². The van der Waals surface area contributed by atoms with Gasteiger partial charge in [-0.2, -0.15) is 0 Å². The minimum atomic E-state index is -4.21. The summed E-state index contributed by atoms with van der Waals surface area (Å²) in [4.78, 5) is 24.3. The van der Waals surface area contributed by atoms with Gasteiger partial charge in [-0.05, 0) is 66.0 Å². The van der Waals surface area contributed by atoms with Crippen LogP contribution in [0.3, 0.4) is 0 Å². The van der Waals surface area contributed by atoms with E-state index in [2.05, 4.69) is 15.9 Å². The van der Waals surface area contributed by atoms with Crippen molar-refractivity contribution in [2.45, 2.75) is 25.7 Å². The van der Waals surface area contributed by atoms with Gasteiger partial charge in [-0.1, -0.05) is 6.07 Å². The summed E-state index contributed by atoms with van der Waals surface area (Å²) in [7, 11) is -1.36. The van der Waals surface area contributed by atoms with E-state index in [4.69, 9.17) is 9.47 Å². The molecule has 0 radical (unpaired) electrons. The number of methoxy groups -OCH3 is 2. The van der Waals surface area contributed by atoms with Crippen LogP contribution in [0.5, 0.6) is 11.5 Å². The monoisotopic (exact) mass is 469 g/mol. The molecule has 0 aliphatic rings. The predicted molar refractivity (Wildman–Crippen MR) is 108 cm³/mol. The summed E-state index contributed by atoms with van der Waals surface area (Å²) in [5.74, 6) is -0.451. The van der Waals surface area contributed by atoms with E-state index >= 15 is 0 Å². The summed E-state index contributed by atoms with van der Waals surface area (Å²) in [6, 6.07) is 5.76. The normalized spacial score (nSPS) is 11.1. The summed E-state index contributed by atoms with van der Waals surface area (Å²) in [6.45, 7) is 4.68. The summed E-state index contributed by atoms with van der Waals surface area (Å²) in [5, 5.41) is 0. The Morgan fingerprint density at radius 2 is 1.50 bits per heavy atom. The molecule has 2 rings (SSSR count). The first-order valence-corrected chi connectivity index (χ1v) is 10.4. The number of amides is 1. The molecule has 0 bridgehead atoms. The van der Waals surface area contributed by atoms with Gasteiger partial charge in [0.15, 0.2) is 17.3 Å². The lowest BCUT2D eigenvalue weighted by atomic mass is 10.0. The van der Waals surface area contributed by atoms with Crippen molar-refractivity contribution in [1.82, 2.24) is 4.72 Å². The maximum absolute atomic E-state index is 12.8. The summed E-state index contributed by atoms with van der Waals surface area (Å²) < 4.78 is 38.3. The van der Waals surface area contributed by atoms with E-state index in [9.17, 15) is 18.0 Å². The second kappa shape index (κ2) is 8.32. The lowest BCUT2D eigenvalue weighted by molar-refractivity contribution is 0.0978. The van der Waals surface area contributed by atoms with Gasteiger partial charge >= 0.3 is 0 Å². The van der Waals surface area contributed by atoms with Crippen molar-refractivity contribution in [3.05, 3.63) is 51.0 Å². The van der Waals surface area contributed by atoms with Crippen molar-refractivity contribution in [2.75, 3.05) is 14.2 Å². The second-order valence-electron chi connectivity index (χ2n) is 6.11. The molecule has 2 aromatic rings. The molecular weight excluding hydrogens is 450 g/mol. The van der Waals surface area contributed by atoms with Crippen molar-refractivity contribution in [3.8, 4) is 11.5 Å². The number of hydrogen-bond donors (Lipinski definition) is 1. The van der Waals surface area contributed by atoms with Crippen LogP contribution in [-0.2, 0) is 10.0 Å². The van der Waals surface area contributed by atoms with Crippen LogP contribution in [0.25, 0.3) is 0 Å². The van der Waals surface area contributed by atoms with Gasteiger partial charge in [-0.25, -0.2) is 13.1 Å². The van der Waals surface area contributed by atoms with Crippen LogP contribution in [-0.4, -0.2) is 34.3 Å². The fourth-order valence-electron chi connectivity index (χ4n) is 2.76. The van der Waals surface area contributed by atoms with E-state index in [0.29, 0.717) is 21.3 Å². The lowest BCUT2D eigenvalue weighted by Crippen LogP contribution is -2.31. The molecule has 0 spiro atoms.